The third-order valence-electron chi connectivity index (χ3n) is 7.89. The molecule has 0 aromatic heterocycles. The lowest BCUT2D eigenvalue weighted by atomic mass is 10.1. The van der Waals surface area contributed by atoms with Gasteiger partial charge in [0.15, 0.2) is 0 Å². The summed E-state index contributed by atoms with van der Waals surface area (Å²) < 4.78 is 19.1. The molecule has 3 saturated heterocycles. The number of hydrogen-bond acceptors (Lipinski definition) is 6. The van der Waals surface area contributed by atoms with Crippen molar-refractivity contribution in [3.8, 4) is 6.07 Å². The first kappa shape index (κ1) is 25.5. The number of carbonyl (C=O) groups excluding carboxylic acids is 3. The van der Waals surface area contributed by atoms with Gasteiger partial charge in [-0.15, -0.1) is 0 Å². The number of aryl methyl sites for hydroxylation is 1. The van der Waals surface area contributed by atoms with E-state index in [1.807, 2.05) is 9.80 Å². The van der Waals surface area contributed by atoms with Crippen molar-refractivity contribution in [3.05, 3.63) is 35.1 Å². The van der Waals surface area contributed by atoms with E-state index in [1.165, 1.54) is 11.0 Å². The van der Waals surface area contributed by atoms with E-state index in [-0.39, 0.29) is 42.3 Å². The molecule has 5 atom stereocenters. The second-order valence-corrected chi connectivity index (χ2v) is 11.5. The number of amides is 3. The Morgan fingerprint density at radius 3 is 2.76 bits per heavy atom. The summed E-state index contributed by atoms with van der Waals surface area (Å²) in [6, 6.07) is 5.10. The van der Waals surface area contributed by atoms with Crippen LogP contribution in [0.15, 0.2) is 18.2 Å². The highest BCUT2D eigenvalue weighted by molar-refractivity contribution is 5.88. The fourth-order valence-electron chi connectivity index (χ4n) is 6.39. The first-order chi connectivity index (χ1) is 17.6. The van der Waals surface area contributed by atoms with Gasteiger partial charge < -0.3 is 19.9 Å². The van der Waals surface area contributed by atoms with Crippen molar-refractivity contribution in [2.24, 2.45) is 0 Å². The van der Waals surface area contributed by atoms with E-state index in [0.29, 0.717) is 25.9 Å². The monoisotopic (exact) mass is 511 g/mol. The van der Waals surface area contributed by atoms with E-state index < -0.39 is 23.8 Å². The van der Waals surface area contributed by atoms with Gasteiger partial charge in [-0.1, -0.05) is 6.07 Å². The molecule has 3 heterocycles. The largest absolute Gasteiger partial charge is 0.444 e. The molecular formula is C27H34FN5O4. The summed E-state index contributed by atoms with van der Waals surface area (Å²) >= 11 is 0. The average Bonchev–Trinajstić information content (AvgIpc) is 3.59. The third kappa shape index (κ3) is 4.89. The summed E-state index contributed by atoms with van der Waals surface area (Å²) in [5, 5.41) is 12.2. The number of halogens is 1. The molecule has 1 aromatic carbocycles. The molecule has 0 spiro atoms. The minimum Gasteiger partial charge on any atom is -0.444 e. The van der Waals surface area contributed by atoms with Crippen molar-refractivity contribution in [1.82, 2.24) is 20.0 Å². The number of ether oxygens (including phenoxy) is 1. The van der Waals surface area contributed by atoms with Crippen LogP contribution in [0.4, 0.5) is 9.18 Å². The zero-order valence-corrected chi connectivity index (χ0v) is 21.6. The quantitative estimate of drug-likeness (QED) is 0.651. The molecule has 1 N–H and O–H groups in total. The van der Waals surface area contributed by atoms with Crippen LogP contribution in [-0.2, 0) is 20.7 Å². The zero-order chi connectivity index (χ0) is 26.5. The lowest BCUT2D eigenvalue weighted by Crippen LogP contribution is -2.59. The van der Waals surface area contributed by atoms with Gasteiger partial charge in [0.25, 0.3) is 0 Å². The molecule has 4 aliphatic rings. The molecular weight excluding hydrogens is 477 g/mol. The molecule has 2 bridgehead atoms. The Balaban J connectivity index is 1.30. The maximum atomic E-state index is 13.7. The molecule has 3 fully saturated rings. The average molecular weight is 512 g/mol. The van der Waals surface area contributed by atoms with Crippen LogP contribution in [0.3, 0.4) is 0 Å². The Morgan fingerprint density at radius 1 is 1.27 bits per heavy atom. The Hall–Kier alpha value is -3.19. The summed E-state index contributed by atoms with van der Waals surface area (Å²) in [5.74, 6) is -0.573. The lowest BCUT2D eigenvalue weighted by molar-refractivity contribution is -0.141. The fraction of sp³-hybridized carbons (Fsp3) is 0.630. The number of nitrogens with zero attached hydrogens (tertiary/aromatic N) is 4. The summed E-state index contributed by atoms with van der Waals surface area (Å²) in [6.07, 6.45) is 2.82. The van der Waals surface area contributed by atoms with Crippen LogP contribution in [0.2, 0.25) is 0 Å². The maximum absolute atomic E-state index is 13.7. The van der Waals surface area contributed by atoms with Gasteiger partial charge in [-0.25, -0.2) is 9.18 Å². The number of carbonyl (C=O) groups is 3. The molecule has 3 aliphatic heterocycles. The van der Waals surface area contributed by atoms with E-state index in [9.17, 15) is 24.0 Å². The van der Waals surface area contributed by atoms with Crippen LogP contribution in [-0.4, -0.2) is 82.0 Å². The Kier molecular flexibility index (Phi) is 6.61. The number of piperazine rings is 1. The molecule has 3 amide bonds. The van der Waals surface area contributed by atoms with Gasteiger partial charge in [-0.3, -0.25) is 14.5 Å². The van der Waals surface area contributed by atoms with Crippen molar-refractivity contribution >= 4 is 17.9 Å². The summed E-state index contributed by atoms with van der Waals surface area (Å²) in [7, 11) is 0. The molecule has 1 aromatic rings. The van der Waals surface area contributed by atoms with Crippen LogP contribution in [0.5, 0.6) is 0 Å². The van der Waals surface area contributed by atoms with E-state index in [2.05, 4.69) is 11.4 Å². The molecule has 9 nitrogen and oxygen atoms in total. The van der Waals surface area contributed by atoms with Crippen molar-refractivity contribution in [2.45, 2.75) is 88.7 Å². The second-order valence-electron chi connectivity index (χ2n) is 11.5. The van der Waals surface area contributed by atoms with Gasteiger partial charge in [0, 0.05) is 25.7 Å². The predicted molar refractivity (Wildman–Crippen MR) is 132 cm³/mol. The van der Waals surface area contributed by atoms with Gasteiger partial charge in [0.1, 0.15) is 23.5 Å². The lowest BCUT2D eigenvalue weighted by Gasteiger charge is -2.39. The van der Waals surface area contributed by atoms with Gasteiger partial charge in [-0.2, -0.15) is 5.26 Å². The Bertz CT molecular complexity index is 1140. The Labute approximate surface area is 216 Å². The molecule has 0 saturated carbocycles. The zero-order valence-electron chi connectivity index (χ0n) is 21.6. The number of fused-ring (bicyclic) bond motifs is 3. The van der Waals surface area contributed by atoms with Crippen LogP contribution in [0, 0.1) is 17.1 Å². The summed E-state index contributed by atoms with van der Waals surface area (Å²) in [5.41, 5.74) is 1.25. The molecule has 1 aliphatic carbocycles. The maximum Gasteiger partial charge on any atom is 0.408 e. The molecule has 10 heteroatoms. The highest BCUT2D eigenvalue weighted by atomic mass is 19.1. The molecule has 37 heavy (non-hydrogen) atoms. The number of hydrogen-bond donors (Lipinski definition) is 1. The molecule has 0 radical (unpaired) electrons. The number of benzene rings is 1. The molecule has 5 rings (SSSR count). The second kappa shape index (κ2) is 9.60. The summed E-state index contributed by atoms with van der Waals surface area (Å²) in [4.78, 5) is 45.1. The first-order valence-corrected chi connectivity index (χ1v) is 13.1. The topological polar surface area (TPSA) is 106 Å². The molecule has 198 valence electrons. The minimum atomic E-state index is -0.931. The predicted octanol–water partition coefficient (Wildman–Crippen LogP) is 2.51. The van der Waals surface area contributed by atoms with Crippen LogP contribution in [0.1, 0.15) is 63.6 Å². The van der Waals surface area contributed by atoms with Gasteiger partial charge in [-0.05, 0) is 76.1 Å². The Morgan fingerprint density at radius 2 is 2.05 bits per heavy atom. The third-order valence-corrected chi connectivity index (χ3v) is 7.89. The van der Waals surface area contributed by atoms with E-state index >= 15 is 0 Å². The van der Waals surface area contributed by atoms with E-state index in [4.69, 9.17) is 4.74 Å². The molecule has 0 unspecified atom stereocenters. The number of likely N-dealkylation sites (tertiary alicyclic amines) is 3. The smallest absolute Gasteiger partial charge is 0.408 e. The van der Waals surface area contributed by atoms with Gasteiger partial charge in [0.2, 0.25) is 11.8 Å². The van der Waals surface area contributed by atoms with Gasteiger partial charge >= 0.3 is 6.09 Å². The van der Waals surface area contributed by atoms with Crippen molar-refractivity contribution in [3.63, 3.8) is 0 Å². The highest BCUT2D eigenvalue weighted by Crippen LogP contribution is 2.44. The first-order valence-electron chi connectivity index (χ1n) is 13.1. The van der Waals surface area contributed by atoms with Gasteiger partial charge in [0.05, 0.1) is 18.2 Å². The van der Waals surface area contributed by atoms with Crippen molar-refractivity contribution in [2.75, 3.05) is 19.6 Å². The summed E-state index contributed by atoms with van der Waals surface area (Å²) in [6.45, 7) is 6.46. The number of rotatable bonds is 5. The normalized spacial score (nSPS) is 27.8. The number of nitrogens with one attached hydrogen (secondary N) is 1. The highest BCUT2D eigenvalue weighted by Gasteiger charge is 2.53. The SMILES string of the molecule is CC(C)(C)OC(=O)N[C@@H](CN1C[C@@H]2C[C@H]1C(=O)N2[C@H]1CCc2cc(F)ccc21)C(=O)N1CCC[C@H]1C#N. The van der Waals surface area contributed by atoms with Crippen LogP contribution in [0.25, 0.3) is 0 Å². The standard InChI is InChI=1S/C27H34FN5O4/c1-27(2,3)37-26(36)30-21(24(34)32-10-4-5-18(32)13-29)15-31-14-19-12-23(31)25(35)33(19)22-9-6-16-11-17(28)7-8-20(16)22/h7-8,11,18-19,21-23H,4-6,9-10,12,14-15H2,1-3H3,(H,30,36)/t18-,19-,21-,22-,23-/m0/s1. The van der Waals surface area contributed by atoms with Crippen LogP contribution >= 0.6 is 0 Å². The van der Waals surface area contributed by atoms with E-state index in [0.717, 1.165) is 30.4 Å². The number of nitriles is 1. The van der Waals surface area contributed by atoms with Crippen molar-refractivity contribution < 1.29 is 23.5 Å². The minimum absolute atomic E-state index is 0.00516. The fourth-order valence-corrected chi connectivity index (χ4v) is 6.39. The number of alkyl carbamates (subject to hydrolysis) is 1. The van der Waals surface area contributed by atoms with Crippen molar-refractivity contribution in [1.29, 1.82) is 5.26 Å². The van der Waals surface area contributed by atoms with E-state index in [1.54, 1.807) is 32.9 Å². The van der Waals surface area contributed by atoms with Crippen LogP contribution < -0.4 is 5.32 Å².